The summed E-state index contributed by atoms with van der Waals surface area (Å²) in [5.41, 5.74) is 3.20. The fraction of sp³-hybridized carbons (Fsp3) is 0.320. The van der Waals surface area contributed by atoms with Gasteiger partial charge in [-0.15, -0.1) is 0 Å². The lowest BCUT2D eigenvalue weighted by atomic mass is 10.1. The Morgan fingerprint density at radius 2 is 2.09 bits per heavy atom. The second-order valence-corrected chi connectivity index (χ2v) is 8.48. The Hall–Kier alpha value is -4.21. The van der Waals surface area contributed by atoms with Crippen molar-refractivity contribution in [2.45, 2.75) is 45.3 Å². The van der Waals surface area contributed by atoms with Gasteiger partial charge in [-0.3, -0.25) is 19.4 Å². The Balaban J connectivity index is 1.46. The number of aliphatic carboxylic acids is 1. The van der Waals surface area contributed by atoms with E-state index >= 15 is 0 Å². The van der Waals surface area contributed by atoms with E-state index in [-0.39, 0.29) is 18.5 Å². The van der Waals surface area contributed by atoms with Crippen molar-refractivity contribution in [2.24, 2.45) is 0 Å². The summed E-state index contributed by atoms with van der Waals surface area (Å²) in [4.78, 5) is 45.8. The average Bonchev–Trinajstić information content (AvgIpc) is 2.86. The van der Waals surface area contributed by atoms with Crippen LogP contribution in [-0.2, 0) is 29.1 Å². The van der Waals surface area contributed by atoms with Crippen molar-refractivity contribution in [3.63, 3.8) is 0 Å². The van der Waals surface area contributed by atoms with Gasteiger partial charge in [0.05, 0.1) is 24.7 Å². The third-order valence-corrected chi connectivity index (χ3v) is 5.91. The van der Waals surface area contributed by atoms with E-state index in [0.717, 1.165) is 30.9 Å². The highest BCUT2D eigenvalue weighted by atomic mass is 16.4. The van der Waals surface area contributed by atoms with Crippen LogP contribution < -0.4 is 21.5 Å². The first-order valence-corrected chi connectivity index (χ1v) is 11.5. The zero-order valence-corrected chi connectivity index (χ0v) is 19.5. The van der Waals surface area contributed by atoms with Crippen molar-refractivity contribution in [3.8, 4) is 0 Å². The summed E-state index contributed by atoms with van der Waals surface area (Å²) in [6.45, 7) is 2.76. The highest BCUT2D eigenvalue weighted by Crippen LogP contribution is 2.20. The van der Waals surface area contributed by atoms with Gasteiger partial charge in [0.15, 0.2) is 0 Å². The lowest BCUT2D eigenvalue weighted by Gasteiger charge is -2.19. The molecule has 4 N–H and O–H groups in total. The van der Waals surface area contributed by atoms with Gasteiger partial charge in [-0.25, -0.2) is 4.98 Å². The minimum absolute atomic E-state index is 0.239. The van der Waals surface area contributed by atoms with Crippen molar-refractivity contribution < 1.29 is 14.7 Å². The number of rotatable bonds is 9. The molecule has 10 nitrogen and oxygen atoms in total. The molecule has 0 unspecified atom stereocenters. The smallest absolute Gasteiger partial charge is 0.305 e. The van der Waals surface area contributed by atoms with Crippen molar-refractivity contribution >= 4 is 23.4 Å². The van der Waals surface area contributed by atoms with Crippen LogP contribution in [0, 0.1) is 6.92 Å². The molecule has 0 saturated heterocycles. The Bertz CT molecular complexity index is 1270. The van der Waals surface area contributed by atoms with Crippen molar-refractivity contribution in [2.75, 3.05) is 17.2 Å². The van der Waals surface area contributed by atoms with Gasteiger partial charge in [0.25, 0.3) is 5.56 Å². The summed E-state index contributed by atoms with van der Waals surface area (Å²) in [6.07, 6.45) is 4.88. The number of amides is 1. The maximum absolute atomic E-state index is 13.1. The van der Waals surface area contributed by atoms with Crippen LogP contribution >= 0.6 is 0 Å². The molecular weight excluding hydrogens is 448 g/mol. The Morgan fingerprint density at radius 1 is 1.23 bits per heavy atom. The number of anilines is 2. The summed E-state index contributed by atoms with van der Waals surface area (Å²) >= 11 is 0. The van der Waals surface area contributed by atoms with E-state index in [4.69, 9.17) is 0 Å². The summed E-state index contributed by atoms with van der Waals surface area (Å²) in [6, 6.07) is 10.1. The van der Waals surface area contributed by atoms with Gasteiger partial charge in [-0.1, -0.05) is 12.1 Å². The molecule has 1 amide bonds. The molecule has 4 rings (SSSR count). The number of fused-ring (bicyclic) bond motifs is 1. The molecule has 1 atom stereocenters. The number of carbonyl (C=O) groups excluding carboxylic acids is 1. The highest BCUT2D eigenvalue weighted by molar-refractivity contribution is 5.77. The number of carboxylic acids is 1. The van der Waals surface area contributed by atoms with Crippen LogP contribution in [0.3, 0.4) is 0 Å². The fourth-order valence-electron chi connectivity index (χ4n) is 4.05. The van der Waals surface area contributed by atoms with Crippen LogP contribution in [0.25, 0.3) is 0 Å². The fourth-order valence-corrected chi connectivity index (χ4v) is 4.05. The van der Waals surface area contributed by atoms with E-state index in [9.17, 15) is 19.5 Å². The number of hydrogen-bond donors (Lipinski definition) is 4. The maximum Gasteiger partial charge on any atom is 0.305 e. The second kappa shape index (κ2) is 10.8. The van der Waals surface area contributed by atoms with Gasteiger partial charge in [-0.2, -0.15) is 0 Å². The maximum atomic E-state index is 13.1. The number of nitrogens with zero attached hydrogens (tertiary/aromatic N) is 3. The number of nitrogens with one attached hydrogen (secondary N) is 3. The van der Waals surface area contributed by atoms with E-state index < -0.39 is 17.9 Å². The van der Waals surface area contributed by atoms with Crippen molar-refractivity contribution in [1.82, 2.24) is 19.9 Å². The molecule has 1 aliphatic heterocycles. The quantitative estimate of drug-likeness (QED) is 0.369. The largest absolute Gasteiger partial charge is 0.481 e. The first-order chi connectivity index (χ1) is 16.9. The summed E-state index contributed by atoms with van der Waals surface area (Å²) < 4.78 is 1.36. The standard InChI is InChI=1S/C25H28N6O4/c1-16-6-9-20(28-14-19-8-7-17-4-3-11-27-24(17)29-19)25(35)31(16)15-22(32)30-21(12-23(33)34)18-5-2-10-26-13-18/h2,5-10,13,21,28H,3-4,11-12,14-15H2,1H3,(H,27,29)(H,30,32)(H,33,34)/t21-/m0/s1. The lowest BCUT2D eigenvalue weighted by Crippen LogP contribution is -2.36. The summed E-state index contributed by atoms with van der Waals surface area (Å²) in [5, 5.41) is 18.4. The van der Waals surface area contributed by atoms with E-state index in [1.54, 1.807) is 37.4 Å². The topological polar surface area (TPSA) is 138 Å². The number of pyridine rings is 3. The third kappa shape index (κ3) is 6.03. The highest BCUT2D eigenvalue weighted by Gasteiger charge is 2.19. The SMILES string of the molecule is Cc1ccc(NCc2ccc3c(n2)NCCC3)c(=O)n1CC(=O)N[C@@H](CC(=O)O)c1cccnc1. The van der Waals surface area contributed by atoms with E-state index in [2.05, 4.69) is 32.0 Å². The molecule has 0 fully saturated rings. The minimum atomic E-state index is -1.05. The molecule has 0 radical (unpaired) electrons. The Labute approximate surface area is 202 Å². The summed E-state index contributed by atoms with van der Waals surface area (Å²) in [5.74, 6) is -0.632. The number of hydrogen-bond acceptors (Lipinski definition) is 7. The molecule has 182 valence electrons. The molecule has 0 saturated carbocycles. The first kappa shape index (κ1) is 23.9. The Morgan fingerprint density at radius 3 is 2.86 bits per heavy atom. The lowest BCUT2D eigenvalue weighted by molar-refractivity contribution is -0.137. The second-order valence-electron chi connectivity index (χ2n) is 8.48. The molecule has 3 aromatic rings. The van der Waals surface area contributed by atoms with Crippen LogP contribution in [0.15, 0.2) is 53.6 Å². The van der Waals surface area contributed by atoms with Crippen LogP contribution in [0.5, 0.6) is 0 Å². The average molecular weight is 477 g/mol. The zero-order valence-electron chi connectivity index (χ0n) is 19.5. The normalized spacial score (nSPS) is 13.3. The van der Waals surface area contributed by atoms with E-state index in [1.165, 1.54) is 16.3 Å². The number of carboxylic acid groups (broad SMARTS) is 1. The minimum Gasteiger partial charge on any atom is -0.481 e. The van der Waals surface area contributed by atoms with Gasteiger partial charge in [-0.05, 0) is 55.2 Å². The van der Waals surface area contributed by atoms with Crippen LogP contribution in [-0.4, -0.2) is 38.1 Å². The molecule has 1 aliphatic rings. The van der Waals surface area contributed by atoms with Crippen LogP contribution in [0.1, 0.15) is 41.4 Å². The molecule has 3 aromatic heterocycles. The van der Waals surface area contributed by atoms with Crippen molar-refractivity contribution in [3.05, 3.63) is 81.7 Å². The number of aromatic nitrogens is 3. The number of carbonyl (C=O) groups is 2. The van der Waals surface area contributed by atoms with Gasteiger partial charge in [0.2, 0.25) is 5.91 Å². The monoisotopic (exact) mass is 476 g/mol. The molecule has 0 aromatic carbocycles. The van der Waals surface area contributed by atoms with Gasteiger partial charge >= 0.3 is 5.97 Å². The third-order valence-electron chi connectivity index (χ3n) is 5.91. The van der Waals surface area contributed by atoms with Gasteiger partial charge in [0, 0.05) is 24.6 Å². The molecule has 0 bridgehead atoms. The van der Waals surface area contributed by atoms with E-state index in [1.807, 2.05) is 6.07 Å². The Kier molecular flexibility index (Phi) is 7.39. The molecule has 0 aliphatic carbocycles. The molecule has 10 heteroatoms. The molecular formula is C25H28N6O4. The molecule has 4 heterocycles. The first-order valence-electron chi connectivity index (χ1n) is 11.5. The predicted octanol–water partition coefficient (Wildman–Crippen LogP) is 2.25. The van der Waals surface area contributed by atoms with Gasteiger partial charge in [0.1, 0.15) is 18.1 Å². The van der Waals surface area contributed by atoms with Crippen molar-refractivity contribution in [1.29, 1.82) is 0 Å². The van der Waals surface area contributed by atoms with E-state index in [0.29, 0.717) is 23.5 Å². The number of aryl methyl sites for hydroxylation is 2. The predicted molar refractivity (Wildman–Crippen MR) is 131 cm³/mol. The molecule has 35 heavy (non-hydrogen) atoms. The summed E-state index contributed by atoms with van der Waals surface area (Å²) in [7, 11) is 0. The van der Waals surface area contributed by atoms with Gasteiger partial charge < -0.3 is 25.6 Å². The zero-order chi connectivity index (χ0) is 24.8. The van der Waals surface area contributed by atoms with Crippen LogP contribution in [0.2, 0.25) is 0 Å². The van der Waals surface area contributed by atoms with Crippen LogP contribution in [0.4, 0.5) is 11.5 Å². The molecule has 0 spiro atoms.